The van der Waals surface area contributed by atoms with Crippen LogP contribution in [0.1, 0.15) is 66.2 Å². The van der Waals surface area contributed by atoms with Crippen LogP contribution < -0.4 is 16.4 Å². The summed E-state index contributed by atoms with van der Waals surface area (Å²) in [4.78, 5) is 46.9. The molecule has 0 saturated carbocycles. The van der Waals surface area contributed by atoms with E-state index in [4.69, 9.17) is 24.7 Å². The highest BCUT2D eigenvalue weighted by atomic mass is 16.7. The van der Waals surface area contributed by atoms with E-state index < -0.39 is 42.6 Å². The molecule has 1 fully saturated rings. The normalized spacial score (nSPS) is 24.6. The molecule has 11 heteroatoms. The van der Waals surface area contributed by atoms with Crippen molar-refractivity contribution in [2.24, 2.45) is 5.73 Å². The zero-order chi connectivity index (χ0) is 24.8. The number of hydrogen-bond acceptors (Lipinski definition) is 9. The van der Waals surface area contributed by atoms with Gasteiger partial charge in [-0.3, -0.25) is 19.2 Å². The Morgan fingerprint density at radius 2 is 1.61 bits per heavy atom. The van der Waals surface area contributed by atoms with Gasteiger partial charge in [0.25, 0.3) is 0 Å². The quantitative estimate of drug-likeness (QED) is 0.242. The van der Waals surface area contributed by atoms with Gasteiger partial charge in [-0.2, -0.15) is 0 Å². The second kappa shape index (κ2) is 15.6. The molecule has 11 nitrogen and oxygen atoms in total. The summed E-state index contributed by atoms with van der Waals surface area (Å²) >= 11 is 0. The lowest BCUT2D eigenvalue weighted by Crippen LogP contribution is -2.65. The Bertz CT molecular complexity index is 645. The van der Waals surface area contributed by atoms with E-state index in [2.05, 4.69) is 10.6 Å². The molecule has 0 bridgehead atoms. The first kappa shape index (κ1) is 28.8. The first-order valence-electron chi connectivity index (χ1n) is 11.5. The van der Waals surface area contributed by atoms with Crippen LogP contribution in [0, 0.1) is 0 Å². The summed E-state index contributed by atoms with van der Waals surface area (Å²) in [6, 6.07) is -0.855. The number of amides is 2. The Labute approximate surface area is 195 Å². The molecule has 5 unspecified atom stereocenters. The van der Waals surface area contributed by atoms with Crippen LogP contribution in [0.2, 0.25) is 0 Å². The van der Waals surface area contributed by atoms with Gasteiger partial charge in [0.1, 0.15) is 12.1 Å². The van der Waals surface area contributed by atoms with E-state index in [1.165, 1.54) is 20.8 Å². The smallest absolute Gasteiger partial charge is 0.303 e. The average Bonchev–Trinajstić information content (AvgIpc) is 2.73. The third-order valence-corrected chi connectivity index (χ3v) is 5.06. The average molecular weight is 474 g/mol. The summed E-state index contributed by atoms with van der Waals surface area (Å²) in [5.74, 6) is -1.50. The maximum absolute atomic E-state index is 11.8. The van der Waals surface area contributed by atoms with Gasteiger partial charge >= 0.3 is 11.9 Å². The summed E-state index contributed by atoms with van der Waals surface area (Å²) in [5, 5.41) is 5.52. The van der Waals surface area contributed by atoms with Crippen LogP contribution in [0.4, 0.5) is 0 Å². The van der Waals surface area contributed by atoms with Crippen molar-refractivity contribution in [3.63, 3.8) is 0 Å². The highest BCUT2D eigenvalue weighted by Crippen LogP contribution is 2.29. The standard InChI is InChI=1S/C22H39N3O8/c1-5-17-20(31-15(3)27)21(32-16(4)28)19(25-14(2)26)22(33-17)30-13-8-6-7-10-18(29)24-12-9-11-23/h17,19-22H,5-13,23H2,1-4H3,(H,24,29)(H,25,26). The largest absolute Gasteiger partial charge is 0.456 e. The van der Waals surface area contributed by atoms with Crippen molar-refractivity contribution in [3.8, 4) is 0 Å². The molecular formula is C22H39N3O8. The molecule has 1 heterocycles. The highest BCUT2D eigenvalue weighted by Gasteiger charge is 2.50. The SMILES string of the molecule is CCC1OC(OCCCCCC(=O)NCCCN)C(NC(C)=O)C(OC(C)=O)C1OC(C)=O. The van der Waals surface area contributed by atoms with Crippen LogP contribution in [0.5, 0.6) is 0 Å². The number of nitrogens with two attached hydrogens (primary N) is 1. The van der Waals surface area contributed by atoms with Crippen molar-refractivity contribution in [3.05, 3.63) is 0 Å². The van der Waals surface area contributed by atoms with E-state index in [1.807, 2.05) is 6.92 Å². The molecule has 4 N–H and O–H groups in total. The number of esters is 2. The Kier molecular flexibility index (Phi) is 13.6. The minimum atomic E-state index is -0.962. The minimum Gasteiger partial charge on any atom is -0.456 e. The second-order valence-corrected chi connectivity index (χ2v) is 8.00. The molecule has 190 valence electrons. The number of hydrogen-bond donors (Lipinski definition) is 3. The van der Waals surface area contributed by atoms with Gasteiger partial charge in [-0.15, -0.1) is 0 Å². The summed E-state index contributed by atoms with van der Waals surface area (Å²) in [5.41, 5.74) is 5.40. The molecular weight excluding hydrogens is 434 g/mol. The van der Waals surface area contributed by atoms with Crippen molar-refractivity contribution >= 4 is 23.8 Å². The zero-order valence-electron chi connectivity index (χ0n) is 20.1. The van der Waals surface area contributed by atoms with Gasteiger partial charge in [0.15, 0.2) is 18.5 Å². The minimum absolute atomic E-state index is 0.00257. The van der Waals surface area contributed by atoms with Crippen molar-refractivity contribution in [1.82, 2.24) is 10.6 Å². The fourth-order valence-corrected chi connectivity index (χ4v) is 3.61. The number of unbranched alkanes of at least 4 members (excludes halogenated alkanes) is 2. The van der Waals surface area contributed by atoms with Crippen molar-refractivity contribution in [1.29, 1.82) is 0 Å². The number of nitrogens with one attached hydrogen (secondary N) is 2. The third-order valence-electron chi connectivity index (χ3n) is 5.06. The van der Waals surface area contributed by atoms with Gasteiger partial charge < -0.3 is 35.3 Å². The molecule has 1 aliphatic heterocycles. The van der Waals surface area contributed by atoms with Crippen LogP contribution in [-0.2, 0) is 38.1 Å². The molecule has 1 aliphatic rings. The van der Waals surface area contributed by atoms with Gasteiger partial charge in [-0.1, -0.05) is 13.3 Å². The molecule has 1 saturated heterocycles. The molecule has 0 aliphatic carbocycles. The first-order chi connectivity index (χ1) is 15.7. The van der Waals surface area contributed by atoms with Gasteiger partial charge in [0.05, 0.1) is 0 Å². The van der Waals surface area contributed by atoms with Gasteiger partial charge in [0, 0.05) is 40.3 Å². The van der Waals surface area contributed by atoms with Gasteiger partial charge in [-0.05, 0) is 32.2 Å². The van der Waals surface area contributed by atoms with Crippen LogP contribution >= 0.6 is 0 Å². The summed E-state index contributed by atoms with van der Waals surface area (Å²) in [7, 11) is 0. The van der Waals surface area contributed by atoms with E-state index in [0.29, 0.717) is 45.4 Å². The van der Waals surface area contributed by atoms with Crippen LogP contribution in [0.3, 0.4) is 0 Å². The maximum atomic E-state index is 11.8. The highest BCUT2D eigenvalue weighted by molar-refractivity contribution is 5.75. The topological polar surface area (TPSA) is 155 Å². The Hall–Kier alpha value is -2.24. The molecule has 1 rings (SSSR count). The fraction of sp³-hybridized carbons (Fsp3) is 0.818. The van der Waals surface area contributed by atoms with E-state index in [0.717, 1.165) is 12.8 Å². The predicted octanol–water partition coefficient (Wildman–Crippen LogP) is 0.531. The molecule has 2 amide bonds. The van der Waals surface area contributed by atoms with Crippen LogP contribution in [0.25, 0.3) is 0 Å². The zero-order valence-corrected chi connectivity index (χ0v) is 20.1. The molecule has 0 radical (unpaired) electrons. The van der Waals surface area contributed by atoms with Gasteiger partial charge in [0.2, 0.25) is 11.8 Å². The molecule has 5 atom stereocenters. The lowest BCUT2D eigenvalue weighted by atomic mass is 9.94. The van der Waals surface area contributed by atoms with E-state index in [-0.39, 0.29) is 11.8 Å². The lowest BCUT2D eigenvalue weighted by Gasteiger charge is -2.45. The Morgan fingerprint density at radius 1 is 0.939 bits per heavy atom. The predicted molar refractivity (Wildman–Crippen MR) is 119 cm³/mol. The Balaban J connectivity index is 2.70. The summed E-state index contributed by atoms with van der Waals surface area (Å²) < 4.78 is 22.7. The van der Waals surface area contributed by atoms with Gasteiger partial charge in [-0.25, -0.2) is 0 Å². The Morgan fingerprint density at radius 3 is 2.18 bits per heavy atom. The van der Waals surface area contributed by atoms with Crippen LogP contribution in [-0.4, -0.2) is 74.1 Å². The molecule has 0 aromatic heterocycles. The molecule has 33 heavy (non-hydrogen) atoms. The number of carbonyl (C=O) groups is 4. The lowest BCUT2D eigenvalue weighted by molar-refractivity contribution is -0.272. The third kappa shape index (κ3) is 11.0. The first-order valence-corrected chi connectivity index (χ1v) is 11.5. The number of ether oxygens (including phenoxy) is 4. The van der Waals surface area contributed by atoms with E-state index in [1.54, 1.807) is 0 Å². The molecule has 0 aromatic rings. The van der Waals surface area contributed by atoms with Crippen LogP contribution in [0.15, 0.2) is 0 Å². The number of carbonyl (C=O) groups excluding carboxylic acids is 4. The van der Waals surface area contributed by atoms with Crippen molar-refractivity contribution in [2.45, 2.75) is 96.9 Å². The van der Waals surface area contributed by atoms with E-state index >= 15 is 0 Å². The summed E-state index contributed by atoms with van der Waals surface area (Å²) in [6.45, 7) is 7.11. The summed E-state index contributed by atoms with van der Waals surface area (Å²) in [6.07, 6.45) is 0.481. The molecule has 0 aromatic carbocycles. The molecule has 0 spiro atoms. The second-order valence-electron chi connectivity index (χ2n) is 8.00. The van der Waals surface area contributed by atoms with Crippen molar-refractivity contribution < 1.29 is 38.1 Å². The number of rotatable bonds is 14. The van der Waals surface area contributed by atoms with Crippen molar-refractivity contribution in [2.75, 3.05) is 19.7 Å². The maximum Gasteiger partial charge on any atom is 0.303 e. The fourth-order valence-electron chi connectivity index (χ4n) is 3.61. The monoisotopic (exact) mass is 473 g/mol. The van der Waals surface area contributed by atoms with E-state index in [9.17, 15) is 19.2 Å².